The molecule has 0 spiro atoms. The van der Waals surface area contributed by atoms with E-state index in [2.05, 4.69) is 23.5 Å². The van der Waals surface area contributed by atoms with Gasteiger partial charge in [-0.05, 0) is 12.8 Å². The first kappa shape index (κ1) is 14.7. The molecule has 3 heterocycles. The zero-order chi connectivity index (χ0) is 15.0. The van der Waals surface area contributed by atoms with Crippen molar-refractivity contribution >= 4 is 32.6 Å². The molecule has 21 heavy (non-hydrogen) atoms. The third-order valence-electron chi connectivity index (χ3n) is 3.09. The second kappa shape index (κ2) is 5.51. The number of aromatic amines is 1. The fourth-order valence-electron chi connectivity index (χ4n) is 2.11. The van der Waals surface area contributed by atoms with Crippen LogP contribution in [0.2, 0.25) is 0 Å². The van der Waals surface area contributed by atoms with E-state index in [1.165, 1.54) is 6.33 Å². The van der Waals surface area contributed by atoms with Crippen LogP contribution in [-0.2, 0) is 16.0 Å². The third-order valence-corrected chi connectivity index (χ3v) is 5.58. The van der Waals surface area contributed by atoms with Gasteiger partial charge in [0.1, 0.15) is 13.7 Å². The molecule has 2 atom stereocenters. The van der Waals surface area contributed by atoms with Crippen LogP contribution in [0.5, 0.6) is 0 Å². The lowest BCUT2D eigenvalue weighted by atomic mass is 10.3. The predicted octanol–water partition coefficient (Wildman–Crippen LogP) is 0.710. The smallest absolute Gasteiger partial charge is 0.280 e. The van der Waals surface area contributed by atoms with Gasteiger partial charge in [-0.3, -0.25) is 14.3 Å². The minimum atomic E-state index is -2.50. The molecule has 2 aromatic heterocycles. The van der Waals surface area contributed by atoms with E-state index in [-0.39, 0.29) is 18.2 Å². The Labute approximate surface area is 121 Å². The Kier molecular flexibility index (Phi) is 3.86. The molecule has 3 rings (SSSR count). The van der Waals surface area contributed by atoms with Crippen molar-refractivity contribution in [3.05, 3.63) is 16.7 Å². The average molecular weight is 331 g/mol. The van der Waals surface area contributed by atoms with E-state index >= 15 is 0 Å². The number of nitrogens with two attached hydrogens (primary N) is 1. The molecule has 1 fully saturated rings. The summed E-state index contributed by atoms with van der Waals surface area (Å²) < 4.78 is 12.6. The van der Waals surface area contributed by atoms with Crippen molar-refractivity contribution < 1.29 is 14.2 Å². The molecule has 114 valence electrons. The Morgan fingerprint density at radius 2 is 2.52 bits per heavy atom. The van der Waals surface area contributed by atoms with Crippen molar-refractivity contribution in [1.82, 2.24) is 19.5 Å². The Morgan fingerprint density at radius 3 is 3.29 bits per heavy atom. The van der Waals surface area contributed by atoms with Crippen molar-refractivity contribution in [2.45, 2.75) is 25.9 Å². The Hall–Kier alpha value is -1.24. The molecule has 1 saturated heterocycles. The van der Waals surface area contributed by atoms with E-state index in [0.29, 0.717) is 18.2 Å². The molecule has 1 aliphatic rings. The summed E-state index contributed by atoms with van der Waals surface area (Å²) in [5.74, 6) is 0.0172. The van der Waals surface area contributed by atoms with Crippen LogP contribution in [0.15, 0.2) is 11.1 Å². The maximum atomic E-state index is 11.7. The molecular formula is C10H15N5O4P2. The number of nitrogens with zero attached hydrogens (tertiary/aromatic N) is 3. The lowest BCUT2D eigenvalue weighted by Gasteiger charge is -2.29. The normalized spacial score (nSPS) is 26.2. The molecule has 0 radical (unpaired) electrons. The van der Waals surface area contributed by atoms with Crippen LogP contribution in [-0.4, -0.2) is 36.9 Å². The molecule has 4 N–H and O–H groups in total. The van der Waals surface area contributed by atoms with E-state index in [1.807, 2.05) is 0 Å². The lowest BCUT2D eigenvalue weighted by molar-refractivity contribution is -0.116. The van der Waals surface area contributed by atoms with Gasteiger partial charge in [0.05, 0.1) is 6.33 Å². The monoisotopic (exact) mass is 331 g/mol. The van der Waals surface area contributed by atoms with E-state index in [0.717, 1.165) is 6.42 Å². The number of hydrogen-bond acceptors (Lipinski definition) is 6. The average Bonchev–Trinajstić information content (AvgIpc) is 2.78. The zero-order valence-corrected chi connectivity index (χ0v) is 12.9. The topological polar surface area (TPSA) is 128 Å². The molecule has 0 aromatic carbocycles. The molecule has 0 saturated carbocycles. The summed E-state index contributed by atoms with van der Waals surface area (Å²) in [4.78, 5) is 31.9. The predicted molar refractivity (Wildman–Crippen MR) is 80.1 cm³/mol. The molecule has 0 aliphatic carbocycles. The first-order valence-electron chi connectivity index (χ1n) is 6.31. The van der Waals surface area contributed by atoms with Crippen molar-refractivity contribution in [2.24, 2.45) is 0 Å². The molecule has 2 aromatic rings. The maximum absolute atomic E-state index is 11.7. The van der Waals surface area contributed by atoms with Gasteiger partial charge in [-0.2, -0.15) is 4.98 Å². The van der Waals surface area contributed by atoms with Gasteiger partial charge >= 0.3 is 0 Å². The standard InChI is InChI=1S/C10H15N5O4P2/c11-10-13-8-7(9(16)14-10)12-4-15(8)5-18-6-2-1-3-21(17,20)19-6/h4,6,17,20H,1-3,5H2,(H3,11,13,14,16). The number of H-pyrrole nitrogens is 1. The number of hydrogen-bond donors (Lipinski definition) is 3. The van der Waals surface area contributed by atoms with Gasteiger partial charge < -0.3 is 19.9 Å². The van der Waals surface area contributed by atoms with E-state index in [1.54, 1.807) is 4.57 Å². The second-order valence-electron chi connectivity index (χ2n) is 4.74. The molecular weight excluding hydrogens is 316 g/mol. The highest BCUT2D eigenvalue weighted by Gasteiger charge is 2.25. The number of nitrogens with one attached hydrogen (secondary N) is 1. The summed E-state index contributed by atoms with van der Waals surface area (Å²) in [6, 6.07) is 0. The Balaban J connectivity index is 1.77. The van der Waals surface area contributed by atoms with Gasteiger partial charge in [0.2, 0.25) is 5.95 Å². The minimum absolute atomic E-state index is 0.0172. The SMILES string of the molecule is Nc1nc2c(ncn2COC2CCCP(O)(=P)O2)c(=O)[nH]1. The highest BCUT2D eigenvalue weighted by Crippen LogP contribution is 2.53. The Morgan fingerprint density at radius 1 is 1.71 bits per heavy atom. The molecule has 0 amide bonds. The van der Waals surface area contributed by atoms with E-state index < -0.39 is 18.9 Å². The van der Waals surface area contributed by atoms with E-state index in [4.69, 9.17) is 15.0 Å². The summed E-state index contributed by atoms with van der Waals surface area (Å²) >= 11 is 0. The van der Waals surface area contributed by atoms with Crippen LogP contribution < -0.4 is 11.3 Å². The van der Waals surface area contributed by atoms with Gasteiger partial charge in [-0.1, -0.05) is 8.53 Å². The number of imidazole rings is 1. The quantitative estimate of drug-likeness (QED) is 0.707. The van der Waals surface area contributed by atoms with Crippen LogP contribution in [0.3, 0.4) is 0 Å². The zero-order valence-electron chi connectivity index (χ0n) is 11.0. The summed E-state index contributed by atoms with van der Waals surface area (Å²) in [5.41, 5.74) is 5.66. The number of rotatable bonds is 3. The summed E-state index contributed by atoms with van der Waals surface area (Å²) in [6.07, 6.45) is 3.05. The van der Waals surface area contributed by atoms with Crippen molar-refractivity contribution in [1.29, 1.82) is 0 Å². The second-order valence-corrected chi connectivity index (χ2v) is 8.89. The summed E-state index contributed by atoms with van der Waals surface area (Å²) in [7, 11) is 0.738. The van der Waals surface area contributed by atoms with Gasteiger partial charge in [0, 0.05) is 6.16 Å². The van der Waals surface area contributed by atoms with Gasteiger partial charge in [-0.25, -0.2) is 4.98 Å². The molecule has 0 bridgehead atoms. The third kappa shape index (κ3) is 3.17. The maximum Gasteiger partial charge on any atom is 0.280 e. The lowest BCUT2D eigenvalue weighted by Crippen LogP contribution is -2.22. The number of aromatic nitrogens is 4. The van der Waals surface area contributed by atoms with E-state index in [9.17, 15) is 9.69 Å². The molecule has 1 aliphatic heterocycles. The van der Waals surface area contributed by atoms with Gasteiger partial charge in [0.25, 0.3) is 5.56 Å². The van der Waals surface area contributed by atoms with Crippen molar-refractivity contribution in [2.75, 3.05) is 11.9 Å². The Bertz CT molecular complexity index is 772. The van der Waals surface area contributed by atoms with Crippen LogP contribution in [0.1, 0.15) is 12.8 Å². The van der Waals surface area contributed by atoms with Gasteiger partial charge in [-0.15, -0.1) is 0 Å². The molecule has 2 unspecified atom stereocenters. The van der Waals surface area contributed by atoms with Crippen molar-refractivity contribution in [3.8, 4) is 0 Å². The van der Waals surface area contributed by atoms with Crippen LogP contribution in [0.25, 0.3) is 11.2 Å². The number of fused-ring (bicyclic) bond motifs is 1. The van der Waals surface area contributed by atoms with Crippen LogP contribution in [0, 0.1) is 0 Å². The molecule has 9 nitrogen and oxygen atoms in total. The van der Waals surface area contributed by atoms with Crippen LogP contribution >= 0.6 is 15.5 Å². The van der Waals surface area contributed by atoms with Crippen LogP contribution in [0.4, 0.5) is 5.95 Å². The largest absolute Gasteiger partial charge is 0.369 e. The number of ether oxygens (including phenoxy) is 1. The van der Waals surface area contributed by atoms with Gasteiger partial charge in [0.15, 0.2) is 17.5 Å². The number of anilines is 1. The fraction of sp³-hybridized carbons (Fsp3) is 0.500. The number of nitrogen functional groups attached to an aromatic ring is 1. The fourth-order valence-corrected chi connectivity index (χ4v) is 4.21. The highest BCUT2D eigenvalue weighted by molar-refractivity contribution is 7.92. The van der Waals surface area contributed by atoms with Crippen molar-refractivity contribution in [3.63, 3.8) is 0 Å². The highest BCUT2D eigenvalue weighted by atomic mass is 31.8. The summed E-state index contributed by atoms with van der Waals surface area (Å²) in [5, 5.41) is 0. The first-order chi connectivity index (χ1) is 9.94. The minimum Gasteiger partial charge on any atom is -0.369 e. The summed E-state index contributed by atoms with van der Waals surface area (Å²) in [6.45, 7) is 0.100. The first-order valence-corrected chi connectivity index (χ1v) is 9.50. The molecule has 11 heteroatoms.